The van der Waals surface area contributed by atoms with Gasteiger partial charge in [-0.1, -0.05) is 0 Å². The van der Waals surface area contributed by atoms with Crippen molar-refractivity contribution >= 4 is 5.91 Å². The van der Waals surface area contributed by atoms with E-state index < -0.39 is 0 Å². The van der Waals surface area contributed by atoms with Gasteiger partial charge in [0.05, 0.1) is 12.0 Å². The molecule has 0 bridgehead atoms. The summed E-state index contributed by atoms with van der Waals surface area (Å²) >= 11 is 0. The first kappa shape index (κ1) is 11.9. The Morgan fingerprint density at radius 3 is 2.69 bits per heavy atom. The molecule has 1 aliphatic heterocycles. The minimum atomic E-state index is 0.158. The molecule has 0 spiro atoms. The number of ether oxygens (including phenoxy) is 1. The van der Waals surface area contributed by atoms with Gasteiger partial charge >= 0.3 is 0 Å². The SMILES string of the molecule is CCOC1CC1C(=O)N1CCC(NC)CC1. The number of carbonyl (C=O) groups is 1. The van der Waals surface area contributed by atoms with Crippen LogP contribution in [0.4, 0.5) is 0 Å². The van der Waals surface area contributed by atoms with Crippen LogP contribution in [0.15, 0.2) is 0 Å². The predicted octanol–water partition coefficient (Wildman–Crippen LogP) is 0.622. The number of nitrogens with zero attached hydrogens (tertiary/aromatic N) is 1. The molecule has 1 saturated heterocycles. The molecule has 2 unspecified atom stereocenters. The number of nitrogens with one attached hydrogen (secondary N) is 1. The molecule has 2 atom stereocenters. The van der Waals surface area contributed by atoms with E-state index >= 15 is 0 Å². The average Bonchev–Trinajstić information content (AvgIpc) is 3.08. The molecule has 0 radical (unpaired) electrons. The predicted molar refractivity (Wildman–Crippen MR) is 62.2 cm³/mol. The van der Waals surface area contributed by atoms with Crippen LogP contribution in [0.5, 0.6) is 0 Å². The summed E-state index contributed by atoms with van der Waals surface area (Å²) in [6.45, 7) is 4.51. The van der Waals surface area contributed by atoms with Gasteiger partial charge in [0, 0.05) is 25.7 Å². The lowest BCUT2D eigenvalue weighted by molar-refractivity contribution is -0.134. The van der Waals surface area contributed by atoms with Crippen LogP contribution >= 0.6 is 0 Å². The molecule has 0 aromatic carbocycles. The van der Waals surface area contributed by atoms with Crippen molar-refractivity contribution in [3.63, 3.8) is 0 Å². The molecule has 1 aliphatic carbocycles. The van der Waals surface area contributed by atoms with Crippen molar-refractivity contribution in [2.24, 2.45) is 5.92 Å². The molecule has 1 N–H and O–H groups in total. The summed E-state index contributed by atoms with van der Waals surface area (Å²) in [6, 6.07) is 0.589. The van der Waals surface area contributed by atoms with E-state index in [4.69, 9.17) is 4.74 Å². The molecule has 0 aromatic heterocycles. The second-order valence-corrected chi connectivity index (χ2v) is 4.72. The maximum Gasteiger partial charge on any atom is 0.228 e. The first-order valence-electron chi connectivity index (χ1n) is 6.34. The van der Waals surface area contributed by atoms with Gasteiger partial charge in [0.25, 0.3) is 0 Å². The number of likely N-dealkylation sites (tertiary alicyclic amines) is 1. The Morgan fingerprint density at radius 1 is 1.44 bits per heavy atom. The smallest absolute Gasteiger partial charge is 0.228 e. The van der Waals surface area contributed by atoms with Crippen molar-refractivity contribution in [1.29, 1.82) is 0 Å². The molecular weight excluding hydrogens is 204 g/mol. The third kappa shape index (κ3) is 2.55. The first-order chi connectivity index (χ1) is 7.76. The van der Waals surface area contributed by atoms with E-state index in [-0.39, 0.29) is 12.0 Å². The lowest BCUT2D eigenvalue weighted by Gasteiger charge is -2.32. The van der Waals surface area contributed by atoms with Crippen molar-refractivity contribution in [3.8, 4) is 0 Å². The number of amides is 1. The fraction of sp³-hybridized carbons (Fsp3) is 0.917. The molecule has 92 valence electrons. The third-order valence-corrected chi connectivity index (χ3v) is 3.64. The molecule has 2 aliphatic rings. The molecule has 0 aromatic rings. The first-order valence-corrected chi connectivity index (χ1v) is 6.34. The number of piperidine rings is 1. The van der Waals surface area contributed by atoms with Crippen LogP contribution in [0.2, 0.25) is 0 Å². The fourth-order valence-electron chi connectivity index (χ4n) is 2.45. The molecule has 4 heteroatoms. The van der Waals surface area contributed by atoms with Gasteiger partial charge < -0.3 is 15.0 Å². The molecule has 1 saturated carbocycles. The van der Waals surface area contributed by atoms with Crippen molar-refractivity contribution in [1.82, 2.24) is 10.2 Å². The second-order valence-electron chi connectivity index (χ2n) is 4.72. The van der Waals surface area contributed by atoms with Crippen LogP contribution in [0, 0.1) is 5.92 Å². The summed E-state index contributed by atoms with van der Waals surface area (Å²) in [5, 5.41) is 3.27. The zero-order valence-corrected chi connectivity index (χ0v) is 10.2. The van der Waals surface area contributed by atoms with Gasteiger partial charge in [-0.05, 0) is 33.2 Å². The fourth-order valence-corrected chi connectivity index (χ4v) is 2.45. The Morgan fingerprint density at radius 2 is 2.12 bits per heavy atom. The van der Waals surface area contributed by atoms with Gasteiger partial charge in [-0.25, -0.2) is 0 Å². The Hall–Kier alpha value is -0.610. The van der Waals surface area contributed by atoms with E-state index in [1.165, 1.54) is 0 Å². The number of hydrogen-bond acceptors (Lipinski definition) is 3. The summed E-state index contributed by atoms with van der Waals surface area (Å²) in [7, 11) is 1.99. The van der Waals surface area contributed by atoms with Crippen LogP contribution < -0.4 is 5.32 Å². The summed E-state index contributed by atoms with van der Waals surface area (Å²) in [6.07, 6.45) is 3.29. The van der Waals surface area contributed by atoms with Gasteiger partial charge in [-0.3, -0.25) is 4.79 Å². The van der Waals surface area contributed by atoms with E-state index in [2.05, 4.69) is 5.32 Å². The van der Waals surface area contributed by atoms with Crippen molar-refractivity contribution in [2.75, 3.05) is 26.7 Å². The van der Waals surface area contributed by atoms with Crippen LogP contribution in [0.25, 0.3) is 0 Å². The van der Waals surface area contributed by atoms with E-state index in [0.717, 1.165) is 39.0 Å². The van der Waals surface area contributed by atoms with Gasteiger partial charge in [-0.2, -0.15) is 0 Å². The van der Waals surface area contributed by atoms with Crippen LogP contribution in [-0.2, 0) is 9.53 Å². The van der Waals surface area contributed by atoms with Crippen LogP contribution in [-0.4, -0.2) is 49.7 Å². The molecule has 16 heavy (non-hydrogen) atoms. The maximum atomic E-state index is 12.1. The molecule has 1 amide bonds. The Kier molecular flexibility index (Phi) is 3.82. The van der Waals surface area contributed by atoms with Gasteiger partial charge in [0.2, 0.25) is 5.91 Å². The van der Waals surface area contributed by atoms with E-state index in [1.54, 1.807) is 0 Å². The Bertz CT molecular complexity index is 249. The van der Waals surface area contributed by atoms with Gasteiger partial charge in [0.1, 0.15) is 0 Å². The molecular formula is C12H22N2O2. The lowest BCUT2D eigenvalue weighted by Crippen LogP contribution is -2.44. The quantitative estimate of drug-likeness (QED) is 0.764. The normalized spacial score (nSPS) is 30.5. The highest BCUT2D eigenvalue weighted by atomic mass is 16.5. The second kappa shape index (κ2) is 5.15. The standard InChI is InChI=1S/C12H22N2O2/c1-3-16-11-8-10(11)12(15)14-6-4-9(13-2)5-7-14/h9-11,13H,3-8H2,1-2H3. The van der Waals surface area contributed by atoms with Crippen molar-refractivity contribution in [3.05, 3.63) is 0 Å². The zero-order valence-electron chi connectivity index (χ0n) is 10.2. The molecule has 2 rings (SSSR count). The van der Waals surface area contributed by atoms with E-state index in [9.17, 15) is 4.79 Å². The summed E-state index contributed by atoms with van der Waals surface area (Å²) in [5.74, 6) is 0.471. The van der Waals surface area contributed by atoms with E-state index in [0.29, 0.717) is 11.9 Å². The largest absolute Gasteiger partial charge is 0.378 e. The third-order valence-electron chi connectivity index (χ3n) is 3.64. The average molecular weight is 226 g/mol. The zero-order chi connectivity index (χ0) is 11.5. The highest BCUT2D eigenvalue weighted by Gasteiger charge is 2.46. The van der Waals surface area contributed by atoms with Crippen LogP contribution in [0.3, 0.4) is 0 Å². The minimum absolute atomic E-state index is 0.158. The number of rotatable bonds is 4. The van der Waals surface area contributed by atoms with Gasteiger partial charge in [-0.15, -0.1) is 0 Å². The minimum Gasteiger partial charge on any atom is -0.378 e. The van der Waals surface area contributed by atoms with Crippen LogP contribution in [0.1, 0.15) is 26.2 Å². The number of carbonyl (C=O) groups excluding carboxylic acids is 1. The summed E-state index contributed by atoms with van der Waals surface area (Å²) < 4.78 is 5.46. The summed E-state index contributed by atoms with van der Waals surface area (Å²) in [5.41, 5.74) is 0. The lowest BCUT2D eigenvalue weighted by atomic mass is 10.0. The van der Waals surface area contributed by atoms with E-state index in [1.807, 2.05) is 18.9 Å². The highest BCUT2D eigenvalue weighted by Crippen LogP contribution is 2.35. The Balaban J connectivity index is 1.75. The molecule has 2 fully saturated rings. The maximum absolute atomic E-state index is 12.1. The monoisotopic (exact) mass is 226 g/mol. The number of hydrogen-bond donors (Lipinski definition) is 1. The van der Waals surface area contributed by atoms with Gasteiger partial charge in [0.15, 0.2) is 0 Å². The van der Waals surface area contributed by atoms with Crippen molar-refractivity contribution in [2.45, 2.75) is 38.3 Å². The van der Waals surface area contributed by atoms with Crippen molar-refractivity contribution < 1.29 is 9.53 Å². The summed E-state index contributed by atoms with van der Waals surface area (Å²) in [4.78, 5) is 14.1. The molecule has 4 nitrogen and oxygen atoms in total. The Labute approximate surface area is 97.3 Å². The highest BCUT2D eigenvalue weighted by molar-refractivity contribution is 5.82. The molecule has 1 heterocycles. The topological polar surface area (TPSA) is 41.6 Å².